The number of nitrogen functional groups attached to an aromatic ring is 1. The Kier molecular flexibility index (Phi) is 3.95. The summed E-state index contributed by atoms with van der Waals surface area (Å²) in [4.78, 5) is 16.0. The van der Waals surface area contributed by atoms with Crippen molar-refractivity contribution in [3.8, 4) is 0 Å². The van der Waals surface area contributed by atoms with Crippen LogP contribution in [-0.4, -0.2) is 51.2 Å². The van der Waals surface area contributed by atoms with E-state index >= 15 is 0 Å². The van der Waals surface area contributed by atoms with Crippen molar-refractivity contribution in [2.45, 2.75) is 12.5 Å². The minimum Gasteiger partial charge on any atom is -0.397 e. The zero-order valence-electron chi connectivity index (χ0n) is 11.7. The van der Waals surface area contributed by atoms with Gasteiger partial charge >= 0.3 is 0 Å². The van der Waals surface area contributed by atoms with Crippen LogP contribution in [0.1, 0.15) is 16.8 Å². The number of carbonyl (C=O) groups is 1. The summed E-state index contributed by atoms with van der Waals surface area (Å²) in [6.07, 6.45) is 0.896. The van der Waals surface area contributed by atoms with Gasteiger partial charge in [-0.1, -0.05) is 0 Å². The van der Waals surface area contributed by atoms with Crippen LogP contribution >= 0.6 is 0 Å². The normalized spacial score (nSPS) is 18.4. The SMILES string of the molecule is CN(C)c1ccc(C(=O)N(C)C2CCOC2)cc1N. The van der Waals surface area contributed by atoms with Gasteiger partial charge in [0.1, 0.15) is 0 Å². The molecule has 1 aliphatic heterocycles. The molecular weight excluding hydrogens is 242 g/mol. The van der Waals surface area contributed by atoms with Crippen molar-refractivity contribution in [2.24, 2.45) is 0 Å². The van der Waals surface area contributed by atoms with Gasteiger partial charge in [-0.2, -0.15) is 0 Å². The van der Waals surface area contributed by atoms with Crippen LogP contribution in [0.15, 0.2) is 18.2 Å². The average Bonchev–Trinajstić information content (AvgIpc) is 2.90. The number of rotatable bonds is 3. The van der Waals surface area contributed by atoms with Gasteiger partial charge in [-0.3, -0.25) is 4.79 Å². The van der Waals surface area contributed by atoms with E-state index in [4.69, 9.17) is 10.5 Å². The fourth-order valence-electron chi connectivity index (χ4n) is 2.29. The number of anilines is 2. The molecule has 0 bridgehead atoms. The fraction of sp³-hybridized carbons (Fsp3) is 0.500. The van der Waals surface area contributed by atoms with E-state index in [1.165, 1.54) is 0 Å². The van der Waals surface area contributed by atoms with E-state index in [0.717, 1.165) is 18.7 Å². The van der Waals surface area contributed by atoms with Gasteiger partial charge in [-0.25, -0.2) is 0 Å². The highest BCUT2D eigenvalue weighted by Crippen LogP contribution is 2.23. The highest BCUT2D eigenvalue weighted by atomic mass is 16.5. The van der Waals surface area contributed by atoms with Crippen LogP contribution in [-0.2, 0) is 4.74 Å². The van der Waals surface area contributed by atoms with E-state index < -0.39 is 0 Å². The van der Waals surface area contributed by atoms with Crippen molar-refractivity contribution in [1.29, 1.82) is 0 Å². The van der Waals surface area contributed by atoms with E-state index in [0.29, 0.717) is 17.9 Å². The fourth-order valence-corrected chi connectivity index (χ4v) is 2.29. The van der Waals surface area contributed by atoms with Crippen molar-refractivity contribution >= 4 is 17.3 Å². The van der Waals surface area contributed by atoms with Gasteiger partial charge in [0.2, 0.25) is 0 Å². The average molecular weight is 263 g/mol. The number of benzene rings is 1. The topological polar surface area (TPSA) is 58.8 Å². The van der Waals surface area contributed by atoms with Crippen LogP contribution in [0.2, 0.25) is 0 Å². The zero-order valence-corrected chi connectivity index (χ0v) is 11.7. The molecule has 0 aliphatic carbocycles. The first kappa shape index (κ1) is 13.7. The number of hydrogen-bond donors (Lipinski definition) is 1. The Morgan fingerprint density at radius 2 is 2.11 bits per heavy atom. The molecule has 0 radical (unpaired) electrons. The summed E-state index contributed by atoms with van der Waals surface area (Å²) in [6.45, 7) is 1.34. The van der Waals surface area contributed by atoms with Gasteiger partial charge in [-0.05, 0) is 24.6 Å². The van der Waals surface area contributed by atoms with E-state index in [2.05, 4.69) is 0 Å². The summed E-state index contributed by atoms with van der Waals surface area (Å²) < 4.78 is 5.31. The number of nitrogens with two attached hydrogens (primary N) is 1. The predicted octanol–water partition coefficient (Wildman–Crippen LogP) is 1.20. The lowest BCUT2D eigenvalue weighted by Gasteiger charge is -2.24. The Balaban J connectivity index is 2.17. The van der Waals surface area contributed by atoms with Crippen LogP contribution in [0.4, 0.5) is 11.4 Å². The maximum absolute atomic E-state index is 12.4. The van der Waals surface area contributed by atoms with Crippen molar-refractivity contribution in [3.63, 3.8) is 0 Å². The van der Waals surface area contributed by atoms with Gasteiger partial charge in [-0.15, -0.1) is 0 Å². The van der Waals surface area contributed by atoms with Gasteiger partial charge in [0.25, 0.3) is 5.91 Å². The van der Waals surface area contributed by atoms with E-state index in [9.17, 15) is 4.79 Å². The summed E-state index contributed by atoms with van der Waals surface area (Å²) in [5, 5.41) is 0. The summed E-state index contributed by atoms with van der Waals surface area (Å²) in [5.74, 6) is -0.00694. The molecule has 2 rings (SSSR count). The van der Waals surface area contributed by atoms with Gasteiger partial charge in [0.05, 0.1) is 24.0 Å². The lowest BCUT2D eigenvalue weighted by Crippen LogP contribution is -2.37. The molecular formula is C14H21N3O2. The summed E-state index contributed by atoms with van der Waals surface area (Å²) in [5.41, 5.74) is 8.14. The number of likely N-dealkylation sites (N-methyl/N-ethyl adjacent to an activating group) is 1. The molecule has 5 heteroatoms. The van der Waals surface area contributed by atoms with E-state index in [1.807, 2.05) is 38.2 Å². The molecule has 0 spiro atoms. The third kappa shape index (κ3) is 2.81. The second-order valence-corrected chi connectivity index (χ2v) is 5.10. The number of hydrogen-bond acceptors (Lipinski definition) is 4. The molecule has 1 saturated heterocycles. The second kappa shape index (κ2) is 5.48. The molecule has 104 valence electrons. The Morgan fingerprint density at radius 1 is 1.37 bits per heavy atom. The van der Waals surface area contributed by atoms with Crippen LogP contribution in [0.25, 0.3) is 0 Å². The summed E-state index contributed by atoms with van der Waals surface area (Å²) in [7, 11) is 5.67. The Morgan fingerprint density at radius 3 is 2.63 bits per heavy atom. The van der Waals surface area contributed by atoms with Crippen molar-refractivity contribution in [1.82, 2.24) is 4.90 Å². The minimum atomic E-state index is -0.00694. The molecule has 1 heterocycles. The summed E-state index contributed by atoms with van der Waals surface area (Å²) in [6, 6.07) is 5.61. The molecule has 1 aromatic carbocycles. The van der Waals surface area contributed by atoms with Crippen molar-refractivity contribution in [2.75, 3.05) is 45.0 Å². The number of ether oxygens (including phenoxy) is 1. The quantitative estimate of drug-likeness (QED) is 0.832. The van der Waals surface area contributed by atoms with Crippen LogP contribution in [0.3, 0.4) is 0 Å². The van der Waals surface area contributed by atoms with Crippen LogP contribution in [0.5, 0.6) is 0 Å². The van der Waals surface area contributed by atoms with Crippen LogP contribution in [0, 0.1) is 0 Å². The highest BCUT2D eigenvalue weighted by molar-refractivity contribution is 5.96. The maximum atomic E-state index is 12.4. The molecule has 5 nitrogen and oxygen atoms in total. The minimum absolute atomic E-state index is 0.00694. The maximum Gasteiger partial charge on any atom is 0.254 e. The molecule has 0 saturated carbocycles. The monoisotopic (exact) mass is 263 g/mol. The lowest BCUT2D eigenvalue weighted by molar-refractivity contribution is 0.0711. The molecule has 19 heavy (non-hydrogen) atoms. The van der Waals surface area contributed by atoms with Crippen LogP contribution < -0.4 is 10.6 Å². The number of amides is 1. The van der Waals surface area contributed by atoms with E-state index in [-0.39, 0.29) is 11.9 Å². The summed E-state index contributed by atoms with van der Waals surface area (Å²) >= 11 is 0. The predicted molar refractivity (Wildman–Crippen MR) is 76.5 cm³/mol. The molecule has 1 fully saturated rings. The largest absolute Gasteiger partial charge is 0.397 e. The molecule has 1 aliphatic rings. The Bertz CT molecular complexity index is 468. The van der Waals surface area contributed by atoms with Crippen molar-refractivity contribution in [3.05, 3.63) is 23.8 Å². The highest BCUT2D eigenvalue weighted by Gasteiger charge is 2.25. The molecule has 1 amide bonds. The third-order valence-corrected chi connectivity index (χ3v) is 3.53. The first-order chi connectivity index (χ1) is 9.00. The van der Waals surface area contributed by atoms with Gasteiger partial charge in [0.15, 0.2) is 0 Å². The number of carbonyl (C=O) groups excluding carboxylic acids is 1. The molecule has 1 atom stereocenters. The zero-order chi connectivity index (χ0) is 14.0. The molecule has 1 unspecified atom stereocenters. The molecule has 0 aromatic heterocycles. The van der Waals surface area contributed by atoms with Gasteiger partial charge < -0.3 is 20.3 Å². The Hall–Kier alpha value is -1.75. The second-order valence-electron chi connectivity index (χ2n) is 5.10. The van der Waals surface area contributed by atoms with Crippen molar-refractivity contribution < 1.29 is 9.53 Å². The van der Waals surface area contributed by atoms with E-state index in [1.54, 1.807) is 11.0 Å². The lowest BCUT2D eigenvalue weighted by atomic mass is 10.1. The third-order valence-electron chi connectivity index (χ3n) is 3.53. The van der Waals surface area contributed by atoms with Gasteiger partial charge in [0, 0.05) is 33.3 Å². The smallest absolute Gasteiger partial charge is 0.254 e. The first-order valence-electron chi connectivity index (χ1n) is 6.42. The molecule has 1 aromatic rings. The standard InChI is InChI=1S/C14H21N3O2/c1-16(2)13-5-4-10(8-12(13)15)14(18)17(3)11-6-7-19-9-11/h4-5,8,11H,6-7,9,15H2,1-3H3. The number of nitrogens with zero attached hydrogens (tertiary/aromatic N) is 2. The molecule has 2 N–H and O–H groups in total. The Labute approximate surface area is 113 Å². The first-order valence-corrected chi connectivity index (χ1v) is 6.42.